The lowest BCUT2D eigenvalue weighted by Crippen LogP contribution is -2.12. The van der Waals surface area contributed by atoms with Gasteiger partial charge >= 0.3 is 0 Å². The van der Waals surface area contributed by atoms with Crippen molar-refractivity contribution >= 4 is 21.6 Å². The lowest BCUT2D eigenvalue weighted by atomic mass is 10.1. The fourth-order valence-electron chi connectivity index (χ4n) is 2.04. The van der Waals surface area contributed by atoms with Gasteiger partial charge in [-0.05, 0) is 43.9 Å². The molecule has 1 N–H and O–H groups in total. The SMILES string of the molecule is Cc1c(Br)cccc1NCCC1CCCO1. The standard InChI is InChI=1S/C13H18BrNO/c1-10-12(14)5-2-6-13(10)15-8-7-11-4-3-9-16-11/h2,5-6,11,15H,3-4,7-9H2,1H3. The lowest BCUT2D eigenvalue weighted by molar-refractivity contribution is 0.107. The Kier molecular flexibility index (Phi) is 4.24. The van der Waals surface area contributed by atoms with Crippen LogP contribution in [0.1, 0.15) is 24.8 Å². The number of anilines is 1. The first kappa shape index (κ1) is 11.9. The Hall–Kier alpha value is -0.540. The molecule has 2 nitrogen and oxygen atoms in total. The number of ether oxygens (including phenoxy) is 1. The molecule has 0 bridgehead atoms. The third kappa shape index (κ3) is 2.98. The van der Waals surface area contributed by atoms with Crippen LogP contribution in [0.2, 0.25) is 0 Å². The molecule has 1 atom stereocenters. The first-order chi connectivity index (χ1) is 7.77. The van der Waals surface area contributed by atoms with Crippen molar-refractivity contribution in [2.75, 3.05) is 18.5 Å². The minimum Gasteiger partial charge on any atom is -0.385 e. The van der Waals surface area contributed by atoms with E-state index in [2.05, 4.69) is 46.4 Å². The molecule has 1 aromatic carbocycles. The molecule has 1 aliphatic rings. The van der Waals surface area contributed by atoms with Crippen LogP contribution in [-0.2, 0) is 4.74 Å². The molecule has 0 aromatic heterocycles. The monoisotopic (exact) mass is 283 g/mol. The highest BCUT2D eigenvalue weighted by molar-refractivity contribution is 9.10. The number of rotatable bonds is 4. The number of hydrogen-bond donors (Lipinski definition) is 1. The van der Waals surface area contributed by atoms with Gasteiger partial charge in [0.05, 0.1) is 6.10 Å². The third-order valence-electron chi connectivity index (χ3n) is 3.07. The molecule has 0 aliphatic carbocycles. The molecular formula is C13H18BrNO. The molecule has 1 heterocycles. The summed E-state index contributed by atoms with van der Waals surface area (Å²) in [6.07, 6.45) is 4.02. The molecule has 1 aliphatic heterocycles. The van der Waals surface area contributed by atoms with Crippen LogP contribution in [0.15, 0.2) is 22.7 Å². The van der Waals surface area contributed by atoms with Crippen LogP contribution in [-0.4, -0.2) is 19.3 Å². The maximum atomic E-state index is 5.60. The molecule has 2 rings (SSSR count). The van der Waals surface area contributed by atoms with E-state index >= 15 is 0 Å². The van der Waals surface area contributed by atoms with Crippen molar-refractivity contribution in [3.8, 4) is 0 Å². The fourth-order valence-corrected chi connectivity index (χ4v) is 2.41. The van der Waals surface area contributed by atoms with Gasteiger partial charge in [0, 0.05) is 23.3 Å². The Morgan fingerprint density at radius 1 is 1.50 bits per heavy atom. The van der Waals surface area contributed by atoms with E-state index in [0.29, 0.717) is 6.10 Å². The van der Waals surface area contributed by atoms with Crippen molar-refractivity contribution in [2.24, 2.45) is 0 Å². The lowest BCUT2D eigenvalue weighted by Gasteiger charge is -2.13. The fraction of sp³-hybridized carbons (Fsp3) is 0.538. The van der Waals surface area contributed by atoms with Gasteiger partial charge in [0.2, 0.25) is 0 Å². The van der Waals surface area contributed by atoms with Crippen LogP contribution in [0.25, 0.3) is 0 Å². The summed E-state index contributed by atoms with van der Waals surface area (Å²) in [6.45, 7) is 4.06. The molecule has 3 heteroatoms. The smallest absolute Gasteiger partial charge is 0.0592 e. The second kappa shape index (κ2) is 5.69. The summed E-state index contributed by atoms with van der Waals surface area (Å²) in [6, 6.07) is 6.25. The predicted molar refractivity (Wildman–Crippen MR) is 71.0 cm³/mol. The number of halogens is 1. The first-order valence-corrected chi connectivity index (χ1v) is 6.67. The van der Waals surface area contributed by atoms with Crippen LogP contribution < -0.4 is 5.32 Å². The highest BCUT2D eigenvalue weighted by Gasteiger charge is 2.14. The molecule has 0 saturated carbocycles. The summed E-state index contributed by atoms with van der Waals surface area (Å²) in [7, 11) is 0. The molecule has 0 radical (unpaired) electrons. The Balaban J connectivity index is 1.82. The van der Waals surface area contributed by atoms with Gasteiger partial charge < -0.3 is 10.1 Å². The second-order valence-electron chi connectivity index (χ2n) is 4.26. The predicted octanol–water partition coefficient (Wildman–Crippen LogP) is 3.74. The van der Waals surface area contributed by atoms with Crippen molar-refractivity contribution in [1.29, 1.82) is 0 Å². The summed E-state index contributed by atoms with van der Waals surface area (Å²) in [5.41, 5.74) is 2.49. The van der Waals surface area contributed by atoms with Gasteiger partial charge in [0.25, 0.3) is 0 Å². The van der Waals surface area contributed by atoms with Gasteiger partial charge in [-0.1, -0.05) is 22.0 Å². The largest absolute Gasteiger partial charge is 0.385 e. The normalized spacial score (nSPS) is 20.0. The van der Waals surface area contributed by atoms with Crippen LogP contribution in [0.4, 0.5) is 5.69 Å². The molecule has 0 spiro atoms. The summed E-state index contributed by atoms with van der Waals surface area (Å²) in [5, 5.41) is 3.47. The summed E-state index contributed by atoms with van der Waals surface area (Å²) in [4.78, 5) is 0. The van der Waals surface area contributed by atoms with Gasteiger partial charge in [0.1, 0.15) is 0 Å². The van der Waals surface area contributed by atoms with E-state index in [1.807, 2.05) is 0 Å². The van der Waals surface area contributed by atoms with Crippen molar-refractivity contribution in [3.05, 3.63) is 28.2 Å². The van der Waals surface area contributed by atoms with E-state index < -0.39 is 0 Å². The van der Waals surface area contributed by atoms with Gasteiger partial charge in [-0.3, -0.25) is 0 Å². The molecule has 1 fully saturated rings. The van der Waals surface area contributed by atoms with E-state index in [-0.39, 0.29) is 0 Å². The second-order valence-corrected chi connectivity index (χ2v) is 5.12. The Labute approximate surface area is 106 Å². The number of benzene rings is 1. The highest BCUT2D eigenvalue weighted by atomic mass is 79.9. The highest BCUT2D eigenvalue weighted by Crippen LogP contribution is 2.23. The van der Waals surface area contributed by atoms with E-state index in [0.717, 1.165) is 24.0 Å². The molecule has 16 heavy (non-hydrogen) atoms. The topological polar surface area (TPSA) is 21.3 Å². The molecule has 1 unspecified atom stereocenters. The maximum absolute atomic E-state index is 5.60. The average Bonchev–Trinajstić information content (AvgIpc) is 2.77. The third-order valence-corrected chi connectivity index (χ3v) is 3.93. The minimum absolute atomic E-state index is 0.472. The number of nitrogens with one attached hydrogen (secondary N) is 1. The summed E-state index contributed by atoms with van der Waals surface area (Å²) >= 11 is 3.54. The van der Waals surface area contributed by atoms with E-state index in [4.69, 9.17) is 4.74 Å². The van der Waals surface area contributed by atoms with Gasteiger partial charge in [-0.25, -0.2) is 0 Å². The van der Waals surface area contributed by atoms with E-state index in [1.54, 1.807) is 0 Å². The van der Waals surface area contributed by atoms with Crippen molar-refractivity contribution < 1.29 is 4.74 Å². The van der Waals surface area contributed by atoms with E-state index in [1.165, 1.54) is 24.1 Å². The van der Waals surface area contributed by atoms with Crippen molar-refractivity contribution in [1.82, 2.24) is 0 Å². The molecular weight excluding hydrogens is 266 g/mol. The van der Waals surface area contributed by atoms with Crippen LogP contribution in [0.5, 0.6) is 0 Å². The summed E-state index contributed by atoms with van der Waals surface area (Å²) in [5.74, 6) is 0. The molecule has 0 amide bonds. The Bertz CT molecular complexity index is 348. The van der Waals surface area contributed by atoms with Crippen LogP contribution in [0, 0.1) is 6.92 Å². The summed E-state index contributed by atoms with van der Waals surface area (Å²) < 4.78 is 6.76. The van der Waals surface area contributed by atoms with Gasteiger partial charge in [0.15, 0.2) is 0 Å². The van der Waals surface area contributed by atoms with Gasteiger partial charge in [-0.15, -0.1) is 0 Å². The zero-order valence-electron chi connectivity index (χ0n) is 9.63. The average molecular weight is 284 g/mol. The quantitative estimate of drug-likeness (QED) is 0.909. The number of hydrogen-bond acceptors (Lipinski definition) is 2. The van der Waals surface area contributed by atoms with Crippen LogP contribution in [0.3, 0.4) is 0 Å². The van der Waals surface area contributed by atoms with Crippen LogP contribution >= 0.6 is 15.9 Å². The Morgan fingerprint density at radius 2 is 2.38 bits per heavy atom. The Morgan fingerprint density at radius 3 is 3.12 bits per heavy atom. The van der Waals surface area contributed by atoms with Crippen molar-refractivity contribution in [2.45, 2.75) is 32.3 Å². The minimum atomic E-state index is 0.472. The van der Waals surface area contributed by atoms with Gasteiger partial charge in [-0.2, -0.15) is 0 Å². The zero-order valence-corrected chi connectivity index (χ0v) is 11.2. The molecule has 1 saturated heterocycles. The first-order valence-electron chi connectivity index (χ1n) is 5.88. The molecule has 88 valence electrons. The van der Waals surface area contributed by atoms with E-state index in [9.17, 15) is 0 Å². The zero-order chi connectivity index (χ0) is 11.4. The van der Waals surface area contributed by atoms with Crippen molar-refractivity contribution in [3.63, 3.8) is 0 Å². The molecule has 1 aromatic rings. The maximum Gasteiger partial charge on any atom is 0.0592 e.